The Morgan fingerprint density at radius 1 is 1.26 bits per heavy atom. The number of aromatic nitrogens is 2. The minimum absolute atomic E-state index is 0.265. The molecule has 0 saturated heterocycles. The molecule has 0 aromatic carbocycles. The van der Waals surface area contributed by atoms with Gasteiger partial charge in [0, 0.05) is 13.7 Å². The third kappa shape index (κ3) is 2.86. The molecule has 0 amide bonds. The van der Waals surface area contributed by atoms with Crippen LogP contribution in [0.3, 0.4) is 0 Å². The quantitative estimate of drug-likeness (QED) is 0.801. The van der Waals surface area contributed by atoms with Crippen LogP contribution in [0.5, 0.6) is 0 Å². The molecule has 2 rings (SSSR count). The first-order valence-electron chi connectivity index (χ1n) is 7.02. The molecule has 0 unspecified atom stereocenters. The van der Waals surface area contributed by atoms with Crippen molar-refractivity contribution in [2.75, 3.05) is 19.0 Å². The summed E-state index contributed by atoms with van der Waals surface area (Å²) in [5, 5.41) is 3.34. The molecule has 4 nitrogen and oxygen atoms in total. The molecule has 5 heteroatoms. The molecule has 0 bridgehead atoms. The number of hydrogen-bond donors (Lipinski definition) is 1. The summed E-state index contributed by atoms with van der Waals surface area (Å²) in [7, 11) is 1.78. The summed E-state index contributed by atoms with van der Waals surface area (Å²) in [6.07, 6.45) is 5.37. The van der Waals surface area contributed by atoms with Gasteiger partial charge in [0.2, 0.25) is 0 Å². The molecule has 1 aromatic heterocycles. The van der Waals surface area contributed by atoms with E-state index in [1.165, 1.54) is 12.8 Å². The summed E-state index contributed by atoms with van der Waals surface area (Å²) in [6.45, 7) is 5.10. The van der Waals surface area contributed by atoms with Gasteiger partial charge in [0.25, 0.3) is 0 Å². The second kappa shape index (κ2) is 6.35. The van der Waals surface area contributed by atoms with E-state index in [1.54, 1.807) is 7.11 Å². The zero-order valence-electron chi connectivity index (χ0n) is 11.9. The van der Waals surface area contributed by atoms with E-state index in [0.29, 0.717) is 0 Å². The van der Waals surface area contributed by atoms with Gasteiger partial charge in [-0.1, -0.05) is 6.92 Å². The number of ether oxygens (including phenoxy) is 1. The highest BCUT2D eigenvalue weighted by molar-refractivity contribution is 14.1. The van der Waals surface area contributed by atoms with Crippen LogP contribution in [0.4, 0.5) is 5.82 Å². The van der Waals surface area contributed by atoms with Crippen molar-refractivity contribution >= 4 is 28.4 Å². The predicted octanol–water partition coefficient (Wildman–Crippen LogP) is 3.49. The number of nitrogens with one attached hydrogen (secondary N) is 1. The van der Waals surface area contributed by atoms with Crippen molar-refractivity contribution in [1.29, 1.82) is 0 Å². The molecule has 1 N–H and O–H groups in total. The van der Waals surface area contributed by atoms with Crippen LogP contribution in [-0.4, -0.2) is 23.6 Å². The van der Waals surface area contributed by atoms with Crippen LogP contribution in [0.1, 0.15) is 51.0 Å². The van der Waals surface area contributed by atoms with E-state index < -0.39 is 0 Å². The van der Waals surface area contributed by atoms with Crippen molar-refractivity contribution in [1.82, 2.24) is 9.97 Å². The maximum absolute atomic E-state index is 5.80. The maximum atomic E-state index is 5.80. The van der Waals surface area contributed by atoms with Crippen LogP contribution in [0.2, 0.25) is 0 Å². The number of aryl methyl sites for hydroxylation is 1. The van der Waals surface area contributed by atoms with E-state index in [4.69, 9.17) is 14.7 Å². The topological polar surface area (TPSA) is 47.0 Å². The predicted molar refractivity (Wildman–Crippen MR) is 85.4 cm³/mol. The molecule has 1 aliphatic rings. The molecule has 0 atom stereocenters. The molecule has 106 valence electrons. The Labute approximate surface area is 128 Å². The Balaban J connectivity index is 2.47. The van der Waals surface area contributed by atoms with Crippen molar-refractivity contribution in [3.05, 3.63) is 15.1 Å². The standard InChI is InChI=1S/C14H22IN3O/c1-4-10-11(15)12(16-5-2)18-13(17-10)14(19-3)8-6-7-9-14/h4-9H2,1-3H3,(H,16,17,18). The van der Waals surface area contributed by atoms with E-state index in [2.05, 4.69) is 41.8 Å². The lowest BCUT2D eigenvalue weighted by molar-refractivity contribution is -0.0163. The van der Waals surface area contributed by atoms with Crippen molar-refractivity contribution in [3.63, 3.8) is 0 Å². The molecule has 1 heterocycles. The molecule has 1 aliphatic carbocycles. The first-order valence-corrected chi connectivity index (χ1v) is 8.10. The highest BCUT2D eigenvalue weighted by Gasteiger charge is 2.39. The van der Waals surface area contributed by atoms with Crippen LogP contribution in [-0.2, 0) is 16.8 Å². The Bertz CT molecular complexity index is 445. The van der Waals surface area contributed by atoms with Gasteiger partial charge >= 0.3 is 0 Å². The molecule has 0 radical (unpaired) electrons. The molecule has 1 saturated carbocycles. The van der Waals surface area contributed by atoms with Gasteiger partial charge in [-0.15, -0.1) is 0 Å². The van der Waals surface area contributed by atoms with Crippen LogP contribution >= 0.6 is 22.6 Å². The van der Waals surface area contributed by atoms with E-state index in [0.717, 1.165) is 46.7 Å². The number of nitrogens with zero attached hydrogens (tertiary/aromatic N) is 2. The van der Waals surface area contributed by atoms with Gasteiger partial charge in [-0.3, -0.25) is 0 Å². The zero-order valence-corrected chi connectivity index (χ0v) is 14.1. The normalized spacial score (nSPS) is 17.7. The lowest BCUT2D eigenvalue weighted by Crippen LogP contribution is -2.28. The fourth-order valence-electron chi connectivity index (χ4n) is 2.68. The number of rotatable bonds is 5. The Morgan fingerprint density at radius 3 is 2.47 bits per heavy atom. The number of hydrogen-bond acceptors (Lipinski definition) is 4. The smallest absolute Gasteiger partial charge is 0.162 e. The van der Waals surface area contributed by atoms with Gasteiger partial charge < -0.3 is 10.1 Å². The van der Waals surface area contributed by atoms with Gasteiger partial charge in [0.1, 0.15) is 11.4 Å². The highest BCUT2D eigenvalue weighted by Crippen LogP contribution is 2.40. The van der Waals surface area contributed by atoms with Crippen molar-refractivity contribution < 1.29 is 4.74 Å². The number of methoxy groups -OCH3 is 1. The highest BCUT2D eigenvalue weighted by atomic mass is 127. The largest absolute Gasteiger partial charge is 0.370 e. The summed E-state index contributed by atoms with van der Waals surface area (Å²) in [6, 6.07) is 0. The van der Waals surface area contributed by atoms with E-state index in [1.807, 2.05) is 0 Å². The summed E-state index contributed by atoms with van der Waals surface area (Å²) in [5.74, 6) is 1.81. The van der Waals surface area contributed by atoms with Gasteiger partial charge in [0.15, 0.2) is 5.82 Å². The molecule has 1 fully saturated rings. The number of anilines is 1. The summed E-state index contributed by atoms with van der Waals surface area (Å²) in [5.41, 5.74) is 0.850. The lowest BCUT2D eigenvalue weighted by atomic mass is 10.0. The first-order chi connectivity index (χ1) is 9.16. The number of halogens is 1. The summed E-state index contributed by atoms with van der Waals surface area (Å²) < 4.78 is 6.94. The van der Waals surface area contributed by atoms with Gasteiger partial charge in [-0.2, -0.15) is 0 Å². The lowest BCUT2D eigenvalue weighted by Gasteiger charge is -2.27. The zero-order chi connectivity index (χ0) is 13.9. The maximum Gasteiger partial charge on any atom is 0.162 e. The SMILES string of the molecule is CCNc1nc(C2(OC)CCCC2)nc(CC)c1I. The van der Waals surface area contributed by atoms with Gasteiger partial charge in [0.05, 0.1) is 9.26 Å². The molecular weight excluding hydrogens is 353 g/mol. The second-order valence-corrected chi connectivity index (χ2v) is 6.02. The monoisotopic (exact) mass is 375 g/mol. The minimum atomic E-state index is -0.265. The third-order valence-corrected chi connectivity index (χ3v) is 4.94. The fourth-order valence-corrected chi connectivity index (χ4v) is 3.49. The Kier molecular flexibility index (Phi) is 5.00. The minimum Gasteiger partial charge on any atom is -0.370 e. The van der Waals surface area contributed by atoms with Crippen molar-refractivity contribution in [2.45, 2.75) is 51.6 Å². The van der Waals surface area contributed by atoms with E-state index in [-0.39, 0.29) is 5.60 Å². The van der Waals surface area contributed by atoms with Crippen LogP contribution < -0.4 is 5.32 Å². The van der Waals surface area contributed by atoms with Gasteiger partial charge in [-0.25, -0.2) is 9.97 Å². The van der Waals surface area contributed by atoms with Crippen molar-refractivity contribution in [2.24, 2.45) is 0 Å². The molecule has 0 aliphatic heterocycles. The Morgan fingerprint density at radius 2 is 1.95 bits per heavy atom. The molecular formula is C14H22IN3O. The fraction of sp³-hybridized carbons (Fsp3) is 0.714. The van der Waals surface area contributed by atoms with Gasteiger partial charge in [-0.05, 0) is 61.6 Å². The van der Waals surface area contributed by atoms with Crippen LogP contribution in [0.15, 0.2) is 0 Å². The van der Waals surface area contributed by atoms with Crippen LogP contribution in [0, 0.1) is 3.57 Å². The average molecular weight is 375 g/mol. The van der Waals surface area contributed by atoms with E-state index in [9.17, 15) is 0 Å². The van der Waals surface area contributed by atoms with Crippen molar-refractivity contribution in [3.8, 4) is 0 Å². The first kappa shape index (κ1) is 15.0. The summed E-state index contributed by atoms with van der Waals surface area (Å²) >= 11 is 2.33. The molecule has 1 aromatic rings. The third-order valence-electron chi connectivity index (χ3n) is 3.81. The van der Waals surface area contributed by atoms with Crippen LogP contribution in [0.25, 0.3) is 0 Å². The second-order valence-electron chi connectivity index (χ2n) is 4.95. The Hall–Kier alpha value is -0.430. The average Bonchev–Trinajstić information content (AvgIpc) is 2.91. The summed E-state index contributed by atoms with van der Waals surface area (Å²) in [4.78, 5) is 9.52. The molecule has 0 spiro atoms. The molecule has 19 heavy (non-hydrogen) atoms. The van der Waals surface area contributed by atoms with E-state index >= 15 is 0 Å².